The van der Waals surface area contributed by atoms with Gasteiger partial charge in [0.05, 0.1) is 0 Å². The fourth-order valence-electron chi connectivity index (χ4n) is 0.999. The van der Waals surface area contributed by atoms with Gasteiger partial charge in [0.25, 0.3) is 0 Å². The molecule has 2 N–H and O–H groups in total. The maximum absolute atomic E-state index is 14.9. The molecule has 0 aromatic heterocycles. The van der Waals surface area contributed by atoms with Crippen LogP contribution in [0.4, 0.5) is 17.6 Å². The number of rotatable bonds is 2. The molecule has 0 amide bonds. The predicted molar refractivity (Wildman–Crippen MR) is 58.1 cm³/mol. The van der Waals surface area contributed by atoms with Crippen molar-refractivity contribution in [3.05, 3.63) is 35.9 Å². The molecule has 0 aliphatic heterocycles. The van der Waals surface area contributed by atoms with Gasteiger partial charge in [0.1, 0.15) is 0 Å². The van der Waals surface area contributed by atoms with Crippen LogP contribution in [0.15, 0.2) is 30.3 Å². The summed E-state index contributed by atoms with van der Waals surface area (Å²) in [6.45, 7) is 0. The predicted octanol–water partition coefficient (Wildman–Crippen LogP) is 4.95. The second-order valence-corrected chi connectivity index (χ2v) is 32.0. The van der Waals surface area contributed by atoms with E-state index in [0.717, 1.165) is 18.2 Å². The molecule has 0 fully saturated rings. The summed E-state index contributed by atoms with van der Waals surface area (Å²) in [7, 11) is 10.5. The molecule has 18 heavy (non-hydrogen) atoms. The van der Waals surface area contributed by atoms with Gasteiger partial charge in [-0.15, -0.1) is 0 Å². The zero-order valence-corrected chi connectivity index (χ0v) is 11.8. The van der Waals surface area contributed by atoms with Crippen LogP contribution in [0.25, 0.3) is 0 Å². The number of carbonyl (C=O) groups excluding carboxylic acids is 1. The van der Waals surface area contributed by atoms with Crippen LogP contribution >= 0.6 is 30.1 Å². The summed E-state index contributed by atoms with van der Waals surface area (Å²) in [5.74, 6) is 0. The molecule has 0 atom stereocenters. The maximum atomic E-state index is 13.8. The van der Waals surface area contributed by atoms with E-state index in [1.54, 1.807) is 0 Å². The fraction of sp³-hybridized carbons (Fsp3) is 0. The van der Waals surface area contributed by atoms with Gasteiger partial charge in [-0.3, -0.25) is 0 Å². The number of hydrogen-bond donors (Lipinski definition) is 1. The Hall–Kier alpha value is -0.0975. The van der Waals surface area contributed by atoms with E-state index in [4.69, 9.17) is 0 Å². The van der Waals surface area contributed by atoms with Crippen molar-refractivity contribution in [3.8, 4) is 0 Å². The van der Waals surface area contributed by atoms with Crippen LogP contribution in [0.2, 0.25) is 0 Å². The molecule has 1 rings (SSSR count). The van der Waals surface area contributed by atoms with Gasteiger partial charge in [-0.1, -0.05) is 0 Å². The average Bonchev–Trinajstić information content (AvgIpc) is 1.97. The molecule has 11 heteroatoms. The van der Waals surface area contributed by atoms with E-state index in [2.05, 4.69) is 34.9 Å². The molecular weight excluding hydrogens is 367 g/mol. The van der Waals surface area contributed by atoms with Crippen molar-refractivity contribution in [1.29, 1.82) is 0 Å². The van der Waals surface area contributed by atoms with Crippen LogP contribution in [-0.4, -0.2) is 4.65 Å². The van der Waals surface area contributed by atoms with E-state index in [1.807, 2.05) is 0 Å². The molecule has 1 aromatic carbocycles. The van der Waals surface area contributed by atoms with Gasteiger partial charge in [-0.05, 0) is 0 Å². The van der Waals surface area contributed by atoms with Crippen LogP contribution in [0.5, 0.6) is 0 Å². The van der Waals surface area contributed by atoms with Gasteiger partial charge in [0.2, 0.25) is 0 Å². The first-order valence-corrected chi connectivity index (χ1v) is 13.1. The van der Waals surface area contributed by atoms with Gasteiger partial charge in [0.15, 0.2) is 0 Å². The average molecular weight is 374 g/mol. The second kappa shape index (κ2) is 1.37. The normalized spacial score (nSPS) is 28.1. The van der Waals surface area contributed by atoms with Crippen molar-refractivity contribution >= 4 is 34.8 Å². The summed E-state index contributed by atoms with van der Waals surface area (Å²) in [6, 6.07) is 3.66. The monoisotopic (exact) mass is 373 g/mol. The van der Waals surface area contributed by atoms with E-state index in [1.165, 1.54) is 0 Å². The summed E-state index contributed by atoms with van der Waals surface area (Å²) in [5.41, 5.74) is -1.61. The minimum absolute atomic E-state index is 0.384. The second-order valence-electron chi connectivity index (χ2n) is 4.73. The molecule has 2 nitrogen and oxygen atoms in total. The third-order valence-electron chi connectivity index (χ3n) is 1.68. The summed E-state index contributed by atoms with van der Waals surface area (Å²) < 4.78 is 68.1. The Bertz CT molecular complexity index is 646. The summed E-state index contributed by atoms with van der Waals surface area (Å²) in [4.78, 5) is 11.3. The Morgan fingerprint density at radius 1 is 0.944 bits per heavy atom. The van der Waals surface area contributed by atoms with Crippen LogP contribution in [0.3, 0.4) is 0 Å². The topological polar surface area (TPSA) is 43.1 Å². The zero-order chi connectivity index (χ0) is 15.0. The van der Waals surface area contributed by atoms with E-state index >= 15 is 0 Å². The molecule has 0 aliphatic rings. The number of hydrogen-bond acceptors (Lipinski definition) is 2. The third-order valence-corrected chi connectivity index (χ3v) is 5.86. The fourth-order valence-corrected chi connectivity index (χ4v) is 3.64. The first-order valence-electron chi connectivity index (χ1n) is 4.04. The summed E-state index contributed by atoms with van der Waals surface area (Å²) in [5, 5.41) is 0. The molecular formula is C7H7Cl3CrF5NO. The van der Waals surface area contributed by atoms with Gasteiger partial charge in [-0.25, -0.2) is 0 Å². The molecule has 0 unspecified atom stereocenters. The van der Waals surface area contributed by atoms with Crippen molar-refractivity contribution in [1.82, 2.24) is 0 Å². The van der Waals surface area contributed by atoms with E-state index in [-0.39, 0.29) is 0 Å². The molecule has 0 saturated heterocycles. The van der Waals surface area contributed by atoms with Crippen LogP contribution in [0, 0.1) is 0 Å². The Morgan fingerprint density at radius 2 is 1.28 bits per heavy atom. The van der Waals surface area contributed by atoms with Crippen LogP contribution < -0.4 is 4.72 Å². The first-order chi connectivity index (χ1) is 6.76. The van der Waals surface area contributed by atoms with Gasteiger partial charge < -0.3 is 0 Å². The standard InChI is InChI=1S/C7H5O.3ClH.Cr.5FH.H2N/c8-6-7-4-2-1-3-5-7;;;;;;;;;;/h1-5H;3*1H;;5*1H;1H2/q;;;;+9;;;;;;-1/p-8. The molecule has 1 aromatic rings. The molecule has 0 aliphatic carbocycles. The van der Waals surface area contributed by atoms with Gasteiger partial charge in [0, 0.05) is 0 Å². The molecule has 0 bridgehead atoms. The quantitative estimate of drug-likeness (QED) is 0.744. The van der Waals surface area contributed by atoms with Crippen molar-refractivity contribution < 1.29 is 28.8 Å². The molecule has 0 heterocycles. The Kier molecular flexibility index (Phi) is 1.21. The van der Waals surface area contributed by atoms with Crippen molar-refractivity contribution in [2.45, 2.75) is 0 Å². The Balaban J connectivity index is 4.14. The van der Waals surface area contributed by atoms with Crippen LogP contribution in [0.1, 0.15) is 10.4 Å². The number of halogens is 8. The van der Waals surface area contributed by atoms with Crippen molar-refractivity contribution in [2.75, 3.05) is 0 Å². The first kappa shape index (κ1) is 16.0. The van der Waals surface area contributed by atoms with Gasteiger partial charge >= 0.3 is 104 Å². The van der Waals surface area contributed by atoms with E-state index < -0.39 is 16.6 Å². The summed E-state index contributed by atoms with van der Waals surface area (Å²) >= 11 is 0. The number of carbonyl (C=O) groups is 1. The summed E-state index contributed by atoms with van der Waals surface area (Å²) in [6.07, 6.45) is -14.9. The van der Waals surface area contributed by atoms with Crippen molar-refractivity contribution in [3.63, 3.8) is 0 Å². The zero-order valence-electron chi connectivity index (χ0n) is 8.30. The molecule has 108 valence electrons. The SMILES string of the molecule is [NH2][Cr]([F])([F])([F])([F])([F])([Cl])([Cl])([Cl])[C](=O)c1ccccc1. The Labute approximate surface area is 104 Å². The van der Waals surface area contributed by atoms with Crippen LogP contribution in [-0.2, 0) is 6.41 Å². The third kappa shape index (κ3) is 3.95. The molecule has 0 spiro atoms. The van der Waals surface area contributed by atoms with Crippen molar-refractivity contribution in [2.24, 2.45) is 4.72 Å². The number of benzene rings is 1. The number of nitrogens with two attached hydrogens (primary N) is 1. The molecule has 0 radical (unpaired) electrons. The molecule has 0 saturated carbocycles. The van der Waals surface area contributed by atoms with E-state index in [9.17, 15) is 22.4 Å². The minimum atomic E-state index is -14.9. The van der Waals surface area contributed by atoms with Gasteiger partial charge in [-0.2, -0.15) is 0 Å². The Morgan fingerprint density at radius 3 is 1.56 bits per heavy atom. The van der Waals surface area contributed by atoms with E-state index in [0.29, 0.717) is 12.1 Å².